The molecule has 6 rings (SSSR count). The van der Waals surface area contributed by atoms with Crippen LogP contribution in [0, 0.1) is 0 Å². The van der Waals surface area contributed by atoms with Gasteiger partial charge in [-0.25, -0.2) is 0 Å². The number of nitrogens with one attached hydrogen (secondary N) is 1. The lowest BCUT2D eigenvalue weighted by Crippen LogP contribution is -2.31. The summed E-state index contributed by atoms with van der Waals surface area (Å²) >= 11 is 0. The number of methoxy groups -OCH3 is 3. The van der Waals surface area contributed by atoms with Gasteiger partial charge in [0.1, 0.15) is 5.75 Å². The van der Waals surface area contributed by atoms with Gasteiger partial charge in [0.05, 0.1) is 33.1 Å². The van der Waals surface area contributed by atoms with Gasteiger partial charge in [0.15, 0.2) is 11.5 Å². The Morgan fingerprint density at radius 1 is 0.795 bits per heavy atom. The second-order valence-corrected chi connectivity index (χ2v) is 9.62. The Morgan fingerprint density at radius 2 is 1.59 bits per heavy atom. The van der Waals surface area contributed by atoms with Gasteiger partial charge in [-0.2, -0.15) is 0 Å². The number of H-pyrrole nitrogens is 1. The molecule has 1 unspecified atom stereocenters. The molecular weight excluding hydrogens is 488 g/mol. The average Bonchev–Trinajstić information content (AvgIpc) is 3.50. The van der Waals surface area contributed by atoms with E-state index < -0.39 is 0 Å². The van der Waals surface area contributed by atoms with E-state index in [0.717, 1.165) is 50.2 Å². The zero-order valence-electron chi connectivity index (χ0n) is 22.2. The number of amides is 1. The van der Waals surface area contributed by atoms with Gasteiger partial charge in [0, 0.05) is 34.1 Å². The van der Waals surface area contributed by atoms with Crippen LogP contribution in [0.5, 0.6) is 17.2 Å². The Morgan fingerprint density at radius 3 is 2.41 bits per heavy atom. The number of nitrogens with zero attached hydrogens (tertiary/aromatic N) is 1. The van der Waals surface area contributed by atoms with Crippen molar-refractivity contribution in [3.05, 3.63) is 113 Å². The Hall–Kier alpha value is -4.71. The van der Waals surface area contributed by atoms with Crippen LogP contribution in [0.25, 0.3) is 22.2 Å². The highest BCUT2D eigenvalue weighted by atomic mass is 16.5. The minimum atomic E-state index is -0.244. The third kappa shape index (κ3) is 4.28. The summed E-state index contributed by atoms with van der Waals surface area (Å²) in [5.41, 5.74) is 6.95. The van der Waals surface area contributed by atoms with Crippen LogP contribution in [0.4, 0.5) is 0 Å². The van der Waals surface area contributed by atoms with Gasteiger partial charge < -0.3 is 24.1 Å². The van der Waals surface area contributed by atoms with E-state index in [1.807, 2.05) is 71.6 Å². The van der Waals surface area contributed by atoms with Crippen LogP contribution in [0.2, 0.25) is 0 Å². The predicted octanol–water partition coefficient (Wildman–Crippen LogP) is 6.65. The molecule has 1 amide bonds. The van der Waals surface area contributed by atoms with E-state index in [0.29, 0.717) is 24.5 Å². The van der Waals surface area contributed by atoms with Crippen LogP contribution in [-0.4, -0.2) is 43.7 Å². The van der Waals surface area contributed by atoms with E-state index in [2.05, 4.69) is 29.2 Å². The summed E-state index contributed by atoms with van der Waals surface area (Å²) in [6, 6.07) is 30.0. The number of ether oxygens (including phenoxy) is 3. The van der Waals surface area contributed by atoms with Crippen LogP contribution in [0.3, 0.4) is 0 Å². The highest BCUT2D eigenvalue weighted by Gasteiger charge is 2.39. The van der Waals surface area contributed by atoms with Crippen molar-refractivity contribution in [2.75, 3.05) is 27.9 Å². The van der Waals surface area contributed by atoms with E-state index in [-0.39, 0.29) is 11.9 Å². The number of carbonyl (C=O) groups excluding carboxylic acids is 1. The molecule has 1 N–H and O–H groups in total. The van der Waals surface area contributed by atoms with Crippen molar-refractivity contribution in [1.29, 1.82) is 0 Å². The Bertz CT molecular complexity index is 1670. The summed E-state index contributed by atoms with van der Waals surface area (Å²) in [5.74, 6) is 2.19. The lowest BCUT2D eigenvalue weighted by molar-refractivity contribution is 0.0753. The molecule has 196 valence electrons. The smallest absolute Gasteiger partial charge is 0.255 e. The van der Waals surface area contributed by atoms with Crippen molar-refractivity contribution >= 4 is 16.8 Å². The van der Waals surface area contributed by atoms with Gasteiger partial charge >= 0.3 is 0 Å². The van der Waals surface area contributed by atoms with Crippen molar-refractivity contribution in [3.8, 4) is 28.5 Å². The van der Waals surface area contributed by atoms with Gasteiger partial charge in [-0.1, -0.05) is 54.6 Å². The first kappa shape index (κ1) is 24.6. The minimum Gasteiger partial charge on any atom is -0.497 e. The van der Waals surface area contributed by atoms with E-state index in [4.69, 9.17) is 14.2 Å². The standard InChI is InChI=1S/C33H30N2O4/c1-37-23-10-8-9-22(20-23)31-30(26-13-6-7-14-27(26)34-31)32-24-11-4-5-12-25(24)33(36)35(32)18-17-21-15-16-28(38-2)29(19-21)39-3/h4-16,19-20,32,34H,17-18H2,1-3H3. The molecule has 0 radical (unpaired) electrons. The van der Waals surface area contributed by atoms with Crippen molar-refractivity contribution in [1.82, 2.24) is 9.88 Å². The summed E-state index contributed by atoms with van der Waals surface area (Å²) in [7, 11) is 4.94. The minimum absolute atomic E-state index is 0.0398. The molecule has 2 heterocycles. The molecule has 0 saturated carbocycles. The van der Waals surface area contributed by atoms with Crippen LogP contribution >= 0.6 is 0 Å². The summed E-state index contributed by atoms with van der Waals surface area (Å²) < 4.78 is 16.5. The molecule has 1 aromatic heterocycles. The van der Waals surface area contributed by atoms with E-state index in [9.17, 15) is 4.79 Å². The Kier molecular flexibility index (Phi) is 6.45. The highest BCUT2D eigenvalue weighted by molar-refractivity contribution is 6.02. The maximum atomic E-state index is 13.9. The molecule has 0 aliphatic carbocycles. The van der Waals surface area contributed by atoms with Gasteiger partial charge in [-0.3, -0.25) is 4.79 Å². The number of aromatic amines is 1. The maximum Gasteiger partial charge on any atom is 0.255 e. The quantitative estimate of drug-likeness (QED) is 0.250. The number of carbonyl (C=O) groups is 1. The first-order chi connectivity index (χ1) is 19.1. The molecule has 1 atom stereocenters. The third-order valence-corrected chi connectivity index (χ3v) is 7.53. The molecule has 1 aliphatic heterocycles. The molecule has 6 heteroatoms. The molecule has 0 saturated heterocycles. The third-order valence-electron chi connectivity index (χ3n) is 7.53. The number of rotatable bonds is 8. The second-order valence-electron chi connectivity index (χ2n) is 9.62. The molecule has 39 heavy (non-hydrogen) atoms. The lowest BCUT2D eigenvalue weighted by atomic mass is 9.93. The summed E-state index contributed by atoms with van der Waals surface area (Å²) in [6.07, 6.45) is 0.674. The fourth-order valence-electron chi connectivity index (χ4n) is 5.65. The van der Waals surface area contributed by atoms with Crippen LogP contribution in [-0.2, 0) is 6.42 Å². The SMILES string of the molecule is COc1cccc(-c2[nH]c3ccccc3c2C2c3ccccc3C(=O)N2CCc2ccc(OC)c(OC)c2)c1. The van der Waals surface area contributed by atoms with Gasteiger partial charge in [-0.05, 0) is 53.9 Å². The Balaban J connectivity index is 1.47. The van der Waals surface area contributed by atoms with Crippen LogP contribution in [0.15, 0.2) is 91.0 Å². The van der Waals surface area contributed by atoms with Crippen molar-refractivity contribution in [3.63, 3.8) is 0 Å². The monoisotopic (exact) mass is 518 g/mol. The van der Waals surface area contributed by atoms with Crippen molar-refractivity contribution in [2.45, 2.75) is 12.5 Å². The number of hydrogen-bond acceptors (Lipinski definition) is 4. The molecule has 0 bridgehead atoms. The first-order valence-electron chi connectivity index (χ1n) is 13.0. The largest absolute Gasteiger partial charge is 0.497 e. The zero-order valence-corrected chi connectivity index (χ0v) is 22.2. The Labute approximate surface area is 227 Å². The number of fused-ring (bicyclic) bond motifs is 2. The summed E-state index contributed by atoms with van der Waals surface area (Å²) in [6.45, 7) is 0.546. The highest BCUT2D eigenvalue weighted by Crippen LogP contribution is 2.45. The van der Waals surface area contributed by atoms with Crippen molar-refractivity contribution < 1.29 is 19.0 Å². The normalized spacial score (nSPS) is 14.5. The molecule has 0 fully saturated rings. The molecule has 5 aromatic rings. The lowest BCUT2D eigenvalue weighted by Gasteiger charge is -2.27. The molecule has 4 aromatic carbocycles. The van der Waals surface area contributed by atoms with Crippen LogP contribution < -0.4 is 14.2 Å². The molecule has 1 aliphatic rings. The van der Waals surface area contributed by atoms with Gasteiger partial charge in [0.2, 0.25) is 0 Å². The number of para-hydroxylation sites is 1. The first-order valence-corrected chi connectivity index (χ1v) is 13.0. The summed E-state index contributed by atoms with van der Waals surface area (Å²) in [5, 5.41) is 1.10. The van der Waals surface area contributed by atoms with Crippen molar-refractivity contribution in [2.24, 2.45) is 0 Å². The topological polar surface area (TPSA) is 63.8 Å². The number of benzene rings is 4. The van der Waals surface area contributed by atoms with Gasteiger partial charge in [0.25, 0.3) is 5.91 Å². The summed E-state index contributed by atoms with van der Waals surface area (Å²) in [4.78, 5) is 19.5. The predicted molar refractivity (Wildman–Crippen MR) is 153 cm³/mol. The van der Waals surface area contributed by atoms with E-state index >= 15 is 0 Å². The zero-order chi connectivity index (χ0) is 26.9. The molecule has 0 spiro atoms. The fraction of sp³-hybridized carbons (Fsp3) is 0.182. The number of aromatic nitrogens is 1. The van der Waals surface area contributed by atoms with Gasteiger partial charge in [-0.15, -0.1) is 0 Å². The maximum absolute atomic E-state index is 13.9. The fourth-order valence-corrected chi connectivity index (χ4v) is 5.65. The van der Waals surface area contributed by atoms with Crippen LogP contribution in [0.1, 0.15) is 33.1 Å². The van der Waals surface area contributed by atoms with E-state index in [1.165, 1.54) is 0 Å². The number of hydrogen-bond donors (Lipinski definition) is 1. The molecular formula is C33H30N2O4. The second kappa shape index (κ2) is 10.2. The average molecular weight is 519 g/mol. The van der Waals surface area contributed by atoms with E-state index in [1.54, 1.807) is 21.3 Å². The molecule has 6 nitrogen and oxygen atoms in total.